The number of nitrogens with one attached hydrogen (secondary N) is 1. The first-order valence-corrected chi connectivity index (χ1v) is 5.97. The number of carbonyl (C=O) groups excluding carboxylic acids is 1. The summed E-state index contributed by atoms with van der Waals surface area (Å²) in [6.45, 7) is 5.02. The van der Waals surface area contributed by atoms with Crippen molar-refractivity contribution in [1.82, 2.24) is 10.3 Å². The molecule has 1 aliphatic rings. The van der Waals surface area contributed by atoms with Gasteiger partial charge in [-0.2, -0.15) is 0 Å². The molecule has 1 aromatic heterocycles. The summed E-state index contributed by atoms with van der Waals surface area (Å²) in [5, 5.41) is 12.4. The van der Waals surface area contributed by atoms with Crippen molar-refractivity contribution in [3.63, 3.8) is 0 Å². The molecular formula is C13H18N2O2. The molecule has 1 aliphatic carbocycles. The van der Waals surface area contributed by atoms with Gasteiger partial charge in [0, 0.05) is 12.7 Å². The molecular weight excluding hydrogens is 216 g/mol. The number of aromatic hydroxyl groups is 1. The molecule has 1 fully saturated rings. The van der Waals surface area contributed by atoms with Gasteiger partial charge in [-0.15, -0.1) is 0 Å². The van der Waals surface area contributed by atoms with Crippen LogP contribution in [0.15, 0.2) is 18.3 Å². The lowest BCUT2D eigenvalue weighted by molar-refractivity contribution is 0.0932. The van der Waals surface area contributed by atoms with Crippen molar-refractivity contribution in [3.8, 4) is 5.75 Å². The Bertz CT molecular complexity index is 425. The number of nitrogens with zero attached hydrogens (tertiary/aromatic N) is 1. The second-order valence-electron chi connectivity index (χ2n) is 5.07. The topological polar surface area (TPSA) is 62.2 Å². The summed E-state index contributed by atoms with van der Waals surface area (Å²) in [6, 6.07) is 3.07. The summed E-state index contributed by atoms with van der Waals surface area (Å²) in [5.41, 5.74) is 0.368. The molecule has 0 atom stereocenters. The van der Waals surface area contributed by atoms with E-state index < -0.39 is 0 Å². The Balaban J connectivity index is 1.97. The standard InChI is InChI=1S/C13H18N2O2/c1-9(2)13(5-6-13)8-15-12(17)11-10(16)4-3-7-14-11/h3-4,7,9,16H,5-6,8H2,1-2H3,(H,15,17). The third kappa shape index (κ3) is 2.40. The minimum Gasteiger partial charge on any atom is -0.505 e. The van der Waals surface area contributed by atoms with E-state index in [2.05, 4.69) is 24.1 Å². The number of carbonyl (C=O) groups is 1. The van der Waals surface area contributed by atoms with Gasteiger partial charge >= 0.3 is 0 Å². The predicted octanol–water partition coefficient (Wildman–Crippen LogP) is 1.95. The maximum atomic E-state index is 11.8. The molecule has 2 rings (SSSR count). The summed E-state index contributed by atoms with van der Waals surface area (Å²) in [5.74, 6) is 0.203. The fraction of sp³-hybridized carbons (Fsp3) is 0.538. The molecule has 92 valence electrons. The van der Waals surface area contributed by atoms with Crippen LogP contribution in [0.4, 0.5) is 0 Å². The number of rotatable bonds is 4. The van der Waals surface area contributed by atoms with Gasteiger partial charge in [-0.1, -0.05) is 13.8 Å². The molecule has 2 N–H and O–H groups in total. The van der Waals surface area contributed by atoms with Gasteiger partial charge in [0.05, 0.1) is 0 Å². The largest absolute Gasteiger partial charge is 0.505 e. The van der Waals surface area contributed by atoms with E-state index in [-0.39, 0.29) is 22.8 Å². The molecule has 0 unspecified atom stereocenters. The van der Waals surface area contributed by atoms with Crippen LogP contribution in [-0.4, -0.2) is 22.5 Å². The van der Waals surface area contributed by atoms with Gasteiger partial charge in [0.15, 0.2) is 5.69 Å². The first kappa shape index (κ1) is 11.9. The SMILES string of the molecule is CC(C)C1(CNC(=O)c2ncccc2O)CC1. The summed E-state index contributed by atoms with van der Waals surface area (Å²) in [7, 11) is 0. The Morgan fingerprint density at radius 2 is 2.29 bits per heavy atom. The Hall–Kier alpha value is -1.58. The molecule has 4 heteroatoms. The maximum Gasteiger partial charge on any atom is 0.273 e. The van der Waals surface area contributed by atoms with Crippen molar-refractivity contribution in [3.05, 3.63) is 24.0 Å². The molecule has 0 saturated heterocycles. The van der Waals surface area contributed by atoms with Gasteiger partial charge in [-0.05, 0) is 36.3 Å². The third-order valence-corrected chi connectivity index (χ3v) is 3.72. The van der Waals surface area contributed by atoms with Crippen LogP contribution < -0.4 is 5.32 Å². The van der Waals surface area contributed by atoms with Crippen LogP contribution in [0.25, 0.3) is 0 Å². The molecule has 4 nitrogen and oxygen atoms in total. The monoisotopic (exact) mass is 234 g/mol. The van der Waals surface area contributed by atoms with E-state index in [1.165, 1.54) is 25.1 Å². The number of aromatic nitrogens is 1. The molecule has 0 bridgehead atoms. The second kappa shape index (κ2) is 4.35. The number of pyridine rings is 1. The van der Waals surface area contributed by atoms with E-state index in [1.807, 2.05) is 0 Å². The molecule has 0 radical (unpaired) electrons. The molecule has 0 spiro atoms. The third-order valence-electron chi connectivity index (χ3n) is 3.72. The average Bonchev–Trinajstić information content (AvgIpc) is 3.07. The zero-order valence-electron chi connectivity index (χ0n) is 10.2. The lowest BCUT2D eigenvalue weighted by Crippen LogP contribution is -2.33. The summed E-state index contributed by atoms with van der Waals surface area (Å²) < 4.78 is 0. The molecule has 1 heterocycles. The first-order valence-electron chi connectivity index (χ1n) is 5.97. The average molecular weight is 234 g/mol. The van der Waals surface area contributed by atoms with Crippen molar-refractivity contribution in [2.24, 2.45) is 11.3 Å². The van der Waals surface area contributed by atoms with Gasteiger partial charge in [0.2, 0.25) is 0 Å². The number of amides is 1. The van der Waals surface area contributed by atoms with Crippen LogP contribution in [0.5, 0.6) is 5.75 Å². The number of hydrogen-bond acceptors (Lipinski definition) is 3. The van der Waals surface area contributed by atoms with Crippen LogP contribution >= 0.6 is 0 Å². The first-order chi connectivity index (χ1) is 8.05. The Morgan fingerprint density at radius 1 is 1.59 bits per heavy atom. The lowest BCUT2D eigenvalue weighted by atomic mass is 9.92. The van der Waals surface area contributed by atoms with E-state index in [9.17, 15) is 9.90 Å². The van der Waals surface area contributed by atoms with Gasteiger partial charge in [-0.3, -0.25) is 4.79 Å². The molecule has 1 saturated carbocycles. The van der Waals surface area contributed by atoms with Crippen molar-refractivity contribution < 1.29 is 9.90 Å². The molecule has 1 aromatic rings. The van der Waals surface area contributed by atoms with E-state index in [4.69, 9.17) is 0 Å². The normalized spacial score (nSPS) is 16.9. The summed E-state index contributed by atoms with van der Waals surface area (Å²) >= 11 is 0. The zero-order valence-corrected chi connectivity index (χ0v) is 10.2. The van der Waals surface area contributed by atoms with Crippen molar-refractivity contribution in [2.45, 2.75) is 26.7 Å². The minimum atomic E-state index is -0.296. The van der Waals surface area contributed by atoms with E-state index in [0.717, 1.165) is 0 Å². The lowest BCUT2D eigenvalue weighted by Gasteiger charge is -2.19. The second-order valence-corrected chi connectivity index (χ2v) is 5.07. The smallest absolute Gasteiger partial charge is 0.273 e. The zero-order chi connectivity index (χ0) is 12.5. The van der Waals surface area contributed by atoms with Crippen LogP contribution in [0.2, 0.25) is 0 Å². The van der Waals surface area contributed by atoms with Crippen LogP contribution in [0, 0.1) is 11.3 Å². The molecule has 0 aromatic carbocycles. The Labute approximate surface area is 101 Å². The summed E-state index contributed by atoms with van der Waals surface area (Å²) in [4.78, 5) is 15.7. The van der Waals surface area contributed by atoms with Crippen LogP contribution in [0.3, 0.4) is 0 Å². The van der Waals surface area contributed by atoms with Gasteiger partial charge in [0.1, 0.15) is 5.75 Å². The Kier molecular flexibility index (Phi) is 3.05. The van der Waals surface area contributed by atoms with E-state index in [1.54, 1.807) is 6.07 Å². The van der Waals surface area contributed by atoms with Crippen LogP contribution in [-0.2, 0) is 0 Å². The van der Waals surface area contributed by atoms with Gasteiger partial charge in [-0.25, -0.2) is 4.98 Å². The van der Waals surface area contributed by atoms with E-state index in [0.29, 0.717) is 12.5 Å². The highest BCUT2D eigenvalue weighted by Gasteiger charge is 2.45. The molecule has 0 aliphatic heterocycles. The number of hydrogen-bond donors (Lipinski definition) is 2. The highest BCUT2D eigenvalue weighted by atomic mass is 16.3. The predicted molar refractivity (Wildman–Crippen MR) is 64.7 cm³/mol. The Morgan fingerprint density at radius 3 is 2.82 bits per heavy atom. The minimum absolute atomic E-state index is 0.0700. The van der Waals surface area contributed by atoms with Crippen molar-refractivity contribution in [1.29, 1.82) is 0 Å². The fourth-order valence-corrected chi connectivity index (χ4v) is 2.03. The fourth-order valence-electron chi connectivity index (χ4n) is 2.03. The highest BCUT2D eigenvalue weighted by Crippen LogP contribution is 2.51. The maximum absolute atomic E-state index is 11.8. The van der Waals surface area contributed by atoms with Crippen molar-refractivity contribution in [2.75, 3.05) is 6.54 Å². The van der Waals surface area contributed by atoms with Crippen molar-refractivity contribution >= 4 is 5.91 Å². The van der Waals surface area contributed by atoms with Gasteiger partial charge < -0.3 is 10.4 Å². The quantitative estimate of drug-likeness (QED) is 0.837. The van der Waals surface area contributed by atoms with Crippen LogP contribution in [0.1, 0.15) is 37.2 Å². The van der Waals surface area contributed by atoms with E-state index >= 15 is 0 Å². The van der Waals surface area contributed by atoms with Gasteiger partial charge in [0.25, 0.3) is 5.91 Å². The molecule has 1 amide bonds. The summed E-state index contributed by atoms with van der Waals surface area (Å²) in [6.07, 6.45) is 3.84. The highest BCUT2D eigenvalue weighted by molar-refractivity contribution is 5.94. The molecule has 17 heavy (non-hydrogen) atoms.